The lowest BCUT2D eigenvalue weighted by molar-refractivity contribution is -0.155. The molecule has 6 nitrogen and oxygen atoms in total. The first-order valence-electron chi connectivity index (χ1n) is 10.0. The number of carbonyl (C=O) groups is 2. The van der Waals surface area contributed by atoms with Gasteiger partial charge >= 0.3 is 11.9 Å². The Hall–Kier alpha value is -1.83. The van der Waals surface area contributed by atoms with Gasteiger partial charge in [0.25, 0.3) is 0 Å². The van der Waals surface area contributed by atoms with Crippen LogP contribution >= 0.6 is 11.8 Å². The number of benzene rings is 1. The second-order valence-corrected chi connectivity index (χ2v) is 8.32. The first-order chi connectivity index (χ1) is 14.2. The van der Waals surface area contributed by atoms with Crippen LogP contribution in [0.3, 0.4) is 0 Å². The smallest absolute Gasteiger partial charge is 0.320 e. The number of hydrogen-bond donors (Lipinski definition) is 0. The van der Waals surface area contributed by atoms with Gasteiger partial charge in [-0.25, -0.2) is 0 Å². The maximum atomic E-state index is 12.5. The molecule has 1 aromatic carbocycles. The highest BCUT2D eigenvalue weighted by Crippen LogP contribution is 2.39. The van der Waals surface area contributed by atoms with Gasteiger partial charge in [0.2, 0.25) is 0 Å². The van der Waals surface area contributed by atoms with E-state index in [9.17, 15) is 9.59 Å². The summed E-state index contributed by atoms with van der Waals surface area (Å²) in [4.78, 5) is 25.4. The molecule has 0 aliphatic carbocycles. The quantitative estimate of drug-likeness (QED) is 0.445. The third kappa shape index (κ3) is 6.59. The van der Waals surface area contributed by atoms with Crippen molar-refractivity contribution in [1.82, 2.24) is 0 Å². The fraction of sp³-hybridized carbons (Fsp3) is 0.545. The summed E-state index contributed by atoms with van der Waals surface area (Å²) in [5.74, 6) is -0.857. The molecule has 158 valence electrons. The minimum Gasteiger partial charge on any atom is -0.469 e. The Balaban J connectivity index is 1.56. The SMILES string of the molecule is COC(=O)C[C@H]1[C@H](Sc2ccccc2)C(=O)O[C@@H]1C/C=C/COC1CCCCO1. The van der Waals surface area contributed by atoms with E-state index in [1.807, 2.05) is 42.5 Å². The van der Waals surface area contributed by atoms with E-state index >= 15 is 0 Å². The number of carbonyl (C=O) groups excluding carboxylic acids is 2. The third-order valence-electron chi connectivity index (χ3n) is 5.05. The Morgan fingerprint density at radius 2 is 2.07 bits per heavy atom. The van der Waals surface area contributed by atoms with Crippen molar-refractivity contribution in [3.8, 4) is 0 Å². The molecule has 3 rings (SSSR count). The normalized spacial score (nSPS) is 27.1. The van der Waals surface area contributed by atoms with Crippen LogP contribution in [0.4, 0.5) is 0 Å². The van der Waals surface area contributed by atoms with Crippen LogP contribution in [0.15, 0.2) is 47.4 Å². The monoisotopic (exact) mass is 420 g/mol. The minimum atomic E-state index is -0.429. The van der Waals surface area contributed by atoms with Gasteiger partial charge in [0.05, 0.1) is 20.1 Å². The fourth-order valence-electron chi connectivity index (χ4n) is 3.50. The zero-order chi connectivity index (χ0) is 20.5. The first kappa shape index (κ1) is 21.9. The van der Waals surface area contributed by atoms with Crippen molar-refractivity contribution in [1.29, 1.82) is 0 Å². The van der Waals surface area contributed by atoms with Crippen LogP contribution in [0, 0.1) is 5.92 Å². The lowest BCUT2D eigenvalue weighted by atomic mass is 9.94. The van der Waals surface area contributed by atoms with Crippen LogP contribution in [0.25, 0.3) is 0 Å². The molecule has 1 aromatic rings. The van der Waals surface area contributed by atoms with Gasteiger partial charge in [-0.15, -0.1) is 11.8 Å². The molecule has 1 unspecified atom stereocenters. The van der Waals surface area contributed by atoms with Crippen molar-refractivity contribution in [3.05, 3.63) is 42.5 Å². The number of hydrogen-bond acceptors (Lipinski definition) is 7. The Morgan fingerprint density at radius 1 is 1.24 bits per heavy atom. The summed E-state index contributed by atoms with van der Waals surface area (Å²) < 4.78 is 21.7. The molecule has 2 aliphatic heterocycles. The summed E-state index contributed by atoms with van der Waals surface area (Å²) in [7, 11) is 1.36. The topological polar surface area (TPSA) is 71.1 Å². The number of cyclic esters (lactones) is 1. The van der Waals surface area contributed by atoms with Crippen molar-refractivity contribution in [2.75, 3.05) is 20.3 Å². The average molecular weight is 421 g/mol. The average Bonchev–Trinajstić information content (AvgIpc) is 3.03. The Labute approximate surface area is 175 Å². The lowest BCUT2D eigenvalue weighted by Crippen LogP contribution is -2.26. The zero-order valence-corrected chi connectivity index (χ0v) is 17.5. The lowest BCUT2D eigenvalue weighted by Gasteiger charge is -2.22. The van der Waals surface area contributed by atoms with E-state index in [1.165, 1.54) is 18.9 Å². The number of ether oxygens (including phenoxy) is 4. The van der Waals surface area contributed by atoms with Crippen LogP contribution in [-0.4, -0.2) is 49.9 Å². The molecule has 2 aliphatic rings. The molecule has 0 radical (unpaired) electrons. The van der Waals surface area contributed by atoms with Crippen LogP contribution in [0.5, 0.6) is 0 Å². The molecule has 0 N–H and O–H groups in total. The van der Waals surface area contributed by atoms with Crippen LogP contribution in [0.2, 0.25) is 0 Å². The molecular formula is C22H28O6S. The molecule has 4 atom stereocenters. The van der Waals surface area contributed by atoms with E-state index in [4.69, 9.17) is 18.9 Å². The highest BCUT2D eigenvalue weighted by molar-refractivity contribution is 8.00. The molecule has 2 heterocycles. The molecule has 2 fully saturated rings. The van der Waals surface area contributed by atoms with Gasteiger partial charge in [0.15, 0.2) is 6.29 Å². The van der Waals surface area contributed by atoms with Crippen molar-refractivity contribution in [3.63, 3.8) is 0 Å². The van der Waals surface area contributed by atoms with Crippen LogP contribution in [0.1, 0.15) is 32.1 Å². The summed E-state index contributed by atoms with van der Waals surface area (Å²) in [5.41, 5.74) is 0. The molecule has 2 saturated heterocycles. The van der Waals surface area contributed by atoms with Gasteiger partial charge in [0.1, 0.15) is 11.4 Å². The van der Waals surface area contributed by atoms with Crippen molar-refractivity contribution < 1.29 is 28.5 Å². The Morgan fingerprint density at radius 3 is 2.79 bits per heavy atom. The summed E-state index contributed by atoms with van der Waals surface area (Å²) in [5, 5.41) is -0.429. The number of thioether (sulfide) groups is 1. The second kappa shape index (κ2) is 11.4. The summed E-state index contributed by atoms with van der Waals surface area (Å²) in [6, 6.07) is 9.68. The molecule has 0 amide bonds. The van der Waals surface area contributed by atoms with Gasteiger partial charge in [-0.2, -0.15) is 0 Å². The Bertz CT molecular complexity index is 686. The fourth-order valence-corrected chi connectivity index (χ4v) is 4.70. The van der Waals surface area contributed by atoms with E-state index < -0.39 is 5.25 Å². The predicted molar refractivity (Wildman–Crippen MR) is 109 cm³/mol. The van der Waals surface area contributed by atoms with Crippen LogP contribution in [-0.2, 0) is 28.5 Å². The maximum absolute atomic E-state index is 12.5. The summed E-state index contributed by atoms with van der Waals surface area (Å²) in [6.45, 7) is 1.21. The van der Waals surface area contributed by atoms with Gasteiger partial charge in [0, 0.05) is 23.8 Å². The number of methoxy groups -OCH3 is 1. The van der Waals surface area contributed by atoms with Crippen molar-refractivity contribution in [2.24, 2.45) is 5.92 Å². The molecule has 0 aromatic heterocycles. The largest absolute Gasteiger partial charge is 0.469 e. The standard InChI is InChI=1S/C22H28O6S/c1-25-19(23)15-17-18(11-5-7-13-26-20-12-6-8-14-27-20)28-22(24)21(17)29-16-9-3-2-4-10-16/h2-5,7,9-10,17-18,20-21H,6,8,11-15H2,1H3/b7-5+/t17-,18-,20?,21+/m1/s1. The highest BCUT2D eigenvalue weighted by Gasteiger charge is 2.45. The first-order valence-corrected chi connectivity index (χ1v) is 10.9. The summed E-state index contributed by atoms with van der Waals surface area (Å²) in [6.07, 6.45) is 7.20. The van der Waals surface area contributed by atoms with Gasteiger partial charge in [-0.3, -0.25) is 9.59 Å². The van der Waals surface area contributed by atoms with E-state index in [0.717, 1.165) is 30.8 Å². The van der Waals surface area contributed by atoms with Gasteiger partial charge in [-0.1, -0.05) is 30.4 Å². The van der Waals surface area contributed by atoms with Crippen LogP contribution < -0.4 is 0 Å². The third-order valence-corrected chi connectivity index (χ3v) is 6.39. The maximum Gasteiger partial charge on any atom is 0.320 e. The number of esters is 2. The Kier molecular flexibility index (Phi) is 8.58. The van der Waals surface area contributed by atoms with E-state index in [2.05, 4.69) is 0 Å². The van der Waals surface area contributed by atoms with E-state index in [0.29, 0.717) is 13.0 Å². The van der Waals surface area contributed by atoms with E-state index in [-0.39, 0.29) is 36.7 Å². The van der Waals surface area contributed by atoms with Gasteiger partial charge < -0.3 is 18.9 Å². The number of rotatable bonds is 9. The molecule has 7 heteroatoms. The molecule has 29 heavy (non-hydrogen) atoms. The molecule has 0 saturated carbocycles. The molecular weight excluding hydrogens is 392 g/mol. The highest BCUT2D eigenvalue weighted by atomic mass is 32.2. The predicted octanol–water partition coefficient (Wildman–Crippen LogP) is 3.74. The zero-order valence-electron chi connectivity index (χ0n) is 16.7. The van der Waals surface area contributed by atoms with Crippen molar-refractivity contribution >= 4 is 23.7 Å². The summed E-state index contributed by atoms with van der Waals surface area (Å²) >= 11 is 1.44. The molecule has 0 bridgehead atoms. The second-order valence-electron chi connectivity index (χ2n) is 7.11. The minimum absolute atomic E-state index is 0.128. The van der Waals surface area contributed by atoms with Crippen molar-refractivity contribution in [2.45, 2.75) is 54.6 Å². The molecule has 0 spiro atoms. The van der Waals surface area contributed by atoms with E-state index in [1.54, 1.807) is 0 Å². The van der Waals surface area contributed by atoms with Gasteiger partial charge in [-0.05, 0) is 31.4 Å².